The molecule has 27 heavy (non-hydrogen) atoms. The Morgan fingerprint density at radius 3 is 2.81 bits per heavy atom. The molecule has 4 aliphatic rings. The SMILES string of the molecule is O=C(NC1C2CC3CC(O)(C2)CC31)c1csc(Nc2ccc(Cl)c(Cl)c2)n1. The fraction of sp³-hybridized carbons (Fsp3) is 0.474. The minimum absolute atomic E-state index is 0.138. The molecule has 8 heteroatoms. The van der Waals surface area contributed by atoms with Gasteiger partial charge >= 0.3 is 0 Å². The summed E-state index contributed by atoms with van der Waals surface area (Å²) in [6.45, 7) is 0. The normalized spacial score (nSPS) is 33.4. The first-order valence-electron chi connectivity index (χ1n) is 9.11. The predicted molar refractivity (Wildman–Crippen MR) is 107 cm³/mol. The Balaban J connectivity index is 1.26. The average molecular weight is 424 g/mol. The predicted octanol–water partition coefficient (Wildman–Crippen LogP) is 4.47. The topological polar surface area (TPSA) is 74.2 Å². The van der Waals surface area contributed by atoms with Crippen molar-refractivity contribution in [2.24, 2.45) is 17.8 Å². The number of nitrogens with one attached hydrogen (secondary N) is 2. The molecule has 5 nitrogen and oxygen atoms in total. The number of aromatic nitrogens is 1. The van der Waals surface area contributed by atoms with Crippen molar-refractivity contribution >= 4 is 51.3 Å². The number of aliphatic hydroxyl groups is 1. The third kappa shape index (κ3) is 3.12. The third-order valence-electron chi connectivity index (χ3n) is 6.29. The van der Waals surface area contributed by atoms with E-state index in [2.05, 4.69) is 15.6 Å². The lowest BCUT2D eigenvalue weighted by molar-refractivity contribution is -0.0192. The smallest absolute Gasteiger partial charge is 0.271 e. The van der Waals surface area contributed by atoms with Gasteiger partial charge in [-0.2, -0.15) is 0 Å². The number of nitrogens with zero attached hydrogens (tertiary/aromatic N) is 1. The van der Waals surface area contributed by atoms with Crippen LogP contribution in [0.4, 0.5) is 10.8 Å². The van der Waals surface area contributed by atoms with Crippen LogP contribution in [0.25, 0.3) is 0 Å². The van der Waals surface area contributed by atoms with Gasteiger partial charge < -0.3 is 15.7 Å². The molecular weight excluding hydrogens is 405 g/mol. The number of carbonyl (C=O) groups is 1. The highest BCUT2D eigenvalue weighted by atomic mass is 35.5. The standard InChI is InChI=1S/C19H19Cl2N3O2S/c20-13-2-1-11(4-14(13)21)22-18-23-15(8-27-18)17(25)24-16-10-3-9-5-19(26,6-10)7-12(9)16/h1-2,4,8-10,12,16,26H,3,5-7H2,(H,22,23)(H,24,25). The van der Waals surface area contributed by atoms with E-state index >= 15 is 0 Å². The number of carbonyl (C=O) groups excluding carboxylic acids is 1. The molecule has 0 saturated heterocycles. The van der Waals surface area contributed by atoms with Crippen LogP contribution in [0.3, 0.4) is 0 Å². The maximum absolute atomic E-state index is 12.7. The zero-order valence-corrected chi connectivity index (χ0v) is 16.7. The van der Waals surface area contributed by atoms with Crippen LogP contribution < -0.4 is 10.6 Å². The van der Waals surface area contributed by atoms with E-state index in [9.17, 15) is 9.90 Å². The molecule has 4 saturated carbocycles. The second-order valence-corrected chi connectivity index (χ2v) is 9.72. The fourth-order valence-electron chi connectivity index (χ4n) is 5.34. The number of benzene rings is 1. The van der Waals surface area contributed by atoms with E-state index in [1.54, 1.807) is 17.5 Å². The van der Waals surface area contributed by atoms with Gasteiger partial charge in [0.25, 0.3) is 5.91 Å². The van der Waals surface area contributed by atoms with Crippen molar-refractivity contribution in [2.45, 2.75) is 37.3 Å². The average Bonchev–Trinajstić information content (AvgIpc) is 3.23. The van der Waals surface area contributed by atoms with E-state index in [-0.39, 0.29) is 11.9 Å². The molecule has 1 heterocycles. The van der Waals surface area contributed by atoms with Gasteiger partial charge in [-0.1, -0.05) is 23.2 Å². The van der Waals surface area contributed by atoms with Crippen molar-refractivity contribution < 1.29 is 9.90 Å². The van der Waals surface area contributed by atoms with Gasteiger partial charge in [-0.15, -0.1) is 11.3 Å². The van der Waals surface area contributed by atoms with Crippen molar-refractivity contribution in [3.8, 4) is 0 Å². The number of thiazole rings is 1. The van der Waals surface area contributed by atoms with Crippen LogP contribution in [0.5, 0.6) is 0 Å². The molecule has 1 amide bonds. The molecule has 1 aromatic heterocycles. The van der Waals surface area contributed by atoms with Gasteiger partial charge in [0.2, 0.25) is 0 Å². The molecule has 4 bridgehead atoms. The van der Waals surface area contributed by atoms with Crippen LogP contribution in [-0.4, -0.2) is 27.6 Å². The minimum Gasteiger partial charge on any atom is -0.390 e. The molecular formula is C19H19Cl2N3O2S. The summed E-state index contributed by atoms with van der Waals surface area (Å²) in [6.07, 6.45) is 3.65. The van der Waals surface area contributed by atoms with E-state index in [0.717, 1.165) is 31.4 Å². The van der Waals surface area contributed by atoms with Gasteiger partial charge in [-0.05, 0) is 61.6 Å². The van der Waals surface area contributed by atoms with Crippen molar-refractivity contribution in [3.05, 3.63) is 39.3 Å². The lowest BCUT2D eigenvalue weighted by Gasteiger charge is -2.38. The molecule has 5 atom stereocenters. The highest BCUT2D eigenvalue weighted by Gasteiger charge is 2.60. The highest BCUT2D eigenvalue weighted by Crippen LogP contribution is 2.59. The molecule has 6 rings (SSSR count). The Bertz CT molecular complexity index is 916. The Hall–Kier alpha value is -1.34. The summed E-state index contributed by atoms with van der Waals surface area (Å²) in [4.78, 5) is 17.1. The first kappa shape index (κ1) is 17.7. The zero-order valence-electron chi connectivity index (χ0n) is 14.4. The molecule has 4 aliphatic carbocycles. The Morgan fingerprint density at radius 2 is 2.04 bits per heavy atom. The van der Waals surface area contributed by atoms with Gasteiger partial charge in [-0.3, -0.25) is 4.79 Å². The van der Waals surface area contributed by atoms with E-state index in [1.165, 1.54) is 11.3 Å². The lowest BCUT2D eigenvalue weighted by atomic mass is 9.76. The third-order valence-corrected chi connectivity index (χ3v) is 7.78. The molecule has 1 aromatic carbocycles. The van der Waals surface area contributed by atoms with Gasteiger partial charge in [0.1, 0.15) is 5.69 Å². The van der Waals surface area contributed by atoms with E-state index in [1.807, 2.05) is 6.07 Å². The van der Waals surface area contributed by atoms with Gasteiger partial charge in [0.05, 0.1) is 15.6 Å². The van der Waals surface area contributed by atoms with Crippen LogP contribution in [0.2, 0.25) is 10.0 Å². The maximum Gasteiger partial charge on any atom is 0.271 e. The number of rotatable bonds is 4. The van der Waals surface area contributed by atoms with Crippen LogP contribution in [0.15, 0.2) is 23.6 Å². The van der Waals surface area contributed by atoms with E-state index in [4.69, 9.17) is 23.2 Å². The number of amides is 1. The Kier molecular flexibility index (Phi) is 4.17. The maximum atomic E-state index is 12.7. The summed E-state index contributed by atoms with van der Waals surface area (Å²) < 4.78 is 0. The molecule has 0 spiro atoms. The molecule has 3 N–H and O–H groups in total. The van der Waals surface area contributed by atoms with Gasteiger partial charge in [0.15, 0.2) is 5.13 Å². The molecule has 0 radical (unpaired) electrons. The highest BCUT2D eigenvalue weighted by molar-refractivity contribution is 7.14. The monoisotopic (exact) mass is 423 g/mol. The second kappa shape index (κ2) is 6.34. The molecule has 5 unspecified atom stereocenters. The van der Waals surface area contributed by atoms with Crippen LogP contribution in [-0.2, 0) is 0 Å². The first-order valence-corrected chi connectivity index (χ1v) is 10.7. The summed E-state index contributed by atoms with van der Waals surface area (Å²) in [5.74, 6) is 1.22. The van der Waals surface area contributed by atoms with E-state index < -0.39 is 5.60 Å². The quantitative estimate of drug-likeness (QED) is 0.677. The second-order valence-electron chi connectivity index (χ2n) is 8.05. The van der Waals surface area contributed by atoms with Crippen molar-refractivity contribution in [2.75, 3.05) is 5.32 Å². The van der Waals surface area contributed by atoms with Gasteiger partial charge in [-0.25, -0.2) is 4.98 Å². The largest absolute Gasteiger partial charge is 0.390 e. The number of halogens is 2. The van der Waals surface area contributed by atoms with E-state index in [0.29, 0.717) is 38.6 Å². The molecule has 2 aromatic rings. The molecule has 4 fully saturated rings. The summed E-state index contributed by atoms with van der Waals surface area (Å²) in [5.41, 5.74) is 0.708. The summed E-state index contributed by atoms with van der Waals surface area (Å²) >= 11 is 13.3. The van der Waals surface area contributed by atoms with Crippen LogP contribution in [0, 0.1) is 17.8 Å². The number of hydrogen-bond donors (Lipinski definition) is 3. The van der Waals surface area contributed by atoms with Crippen molar-refractivity contribution in [1.82, 2.24) is 10.3 Å². The Labute approximate surface area is 171 Å². The lowest BCUT2D eigenvalue weighted by Crippen LogP contribution is -2.48. The number of anilines is 2. The van der Waals surface area contributed by atoms with Crippen molar-refractivity contribution in [1.29, 1.82) is 0 Å². The van der Waals surface area contributed by atoms with Gasteiger partial charge in [0, 0.05) is 17.1 Å². The zero-order chi connectivity index (χ0) is 18.8. The van der Waals surface area contributed by atoms with Crippen LogP contribution in [0.1, 0.15) is 36.2 Å². The minimum atomic E-state index is -0.475. The number of hydrogen-bond acceptors (Lipinski definition) is 5. The summed E-state index contributed by atoms with van der Waals surface area (Å²) in [5, 5.41) is 20.2. The summed E-state index contributed by atoms with van der Waals surface area (Å²) in [6, 6.07) is 5.41. The Morgan fingerprint density at radius 1 is 1.22 bits per heavy atom. The molecule has 142 valence electrons. The summed E-state index contributed by atoms with van der Waals surface area (Å²) in [7, 11) is 0. The van der Waals surface area contributed by atoms with Crippen molar-refractivity contribution in [3.63, 3.8) is 0 Å². The van der Waals surface area contributed by atoms with Crippen LogP contribution >= 0.6 is 34.5 Å². The molecule has 0 aliphatic heterocycles. The first-order chi connectivity index (χ1) is 12.9. The fourth-order valence-corrected chi connectivity index (χ4v) is 6.35.